The summed E-state index contributed by atoms with van der Waals surface area (Å²) < 4.78 is 0. The molecule has 0 spiro atoms. The second-order valence-corrected chi connectivity index (χ2v) is 5.14. The molecule has 100 valence electrons. The van der Waals surface area contributed by atoms with Crippen molar-refractivity contribution >= 4 is 16.9 Å². The minimum absolute atomic E-state index is 0.247. The van der Waals surface area contributed by atoms with E-state index < -0.39 is 0 Å². The summed E-state index contributed by atoms with van der Waals surface area (Å²) in [7, 11) is 1.87. The van der Waals surface area contributed by atoms with Crippen molar-refractivity contribution in [2.24, 2.45) is 0 Å². The number of likely N-dealkylation sites (N-methyl/N-ethyl adjacent to an activating group) is 1. The molecule has 3 rings (SSSR count). The molecular formula is C14H18N4O. The molecule has 5 heteroatoms. The molecule has 2 heterocycles. The van der Waals surface area contributed by atoms with Crippen molar-refractivity contribution in [1.29, 1.82) is 0 Å². The van der Waals surface area contributed by atoms with Crippen molar-refractivity contribution in [2.45, 2.75) is 25.4 Å². The van der Waals surface area contributed by atoms with Crippen molar-refractivity contribution < 1.29 is 4.79 Å². The van der Waals surface area contributed by atoms with Gasteiger partial charge in [-0.25, -0.2) is 4.98 Å². The predicted octanol–water partition coefficient (Wildman–Crippen LogP) is 1.27. The molecule has 19 heavy (non-hydrogen) atoms. The predicted molar refractivity (Wildman–Crippen MR) is 73.6 cm³/mol. The van der Waals surface area contributed by atoms with Crippen molar-refractivity contribution in [1.82, 2.24) is 20.2 Å². The molecule has 0 saturated carbocycles. The molecule has 1 aliphatic heterocycles. The lowest BCUT2D eigenvalue weighted by atomic mass is 10.1. The van der Waals surface area contributed by atoms with E-state index in [1.807, 2.05) is 13.1 Å². The molecule has 1 aromatic carbocycles. The number of imidazole rings is 1. The van der Waals surface area contributed by atoms with Crippen LogP contribution in [-0.2, 0) is 11.3 Å². The largest absolute Gasteiger partial charge is 0.345 e. The van der Waals surface area contributed by atoms with Crippen LogP contribution in [0.4, 0.5) is 0 Å². The second-order valence-electron chi connectivity index (χ2n) is 5.14. The summed E-state index contributed by atoms with van der Waals surface area (Å²) >= 11 is 0. The fraction of sp³-hybridized carbons (Fsp3) is 0.429. The number of nitrogens with zero attached hydrogens (tertiary/aromatic N) is 2. The number of hydrogen-bond donors (Lipinski definition) is 2. The van der Waals surface area contributed by atoms with Crippen LogP contribution in [0.3, 0.4) is 0 Å². The molecule has 0 radical (unpaired) electrons. The van der Waals surface area contributed by atoms with Crippen LogP contribution in [0.2, 0.25) is 0 Å². The van der Waals surface area contributed by atoms with Gasteiger partial charge in [-0.1, -0.05) is 6.07 Å². The van der Waals surface area contributed by atoms with Crippen molar-refractivity contribution in [3.05, 3.63) is 30.1 Å². The number of piperidine rings is 1. The highest BCUT2D eigenvalue weighted by Crippen LogP contribution is 2.13. The van der Waals surface area contributed by atoms with Crippen LogP contribution in [0, 0.1) is 0 Å². The van der Waals surface area contributed by atoms with Crippen LogP contribution < -0.4 is 5.32 Å². The van der Waals surface area contributed by atoms with E-state index in [0.29, 0.717) is 12.5 Å². The van der Waals surface area contributed by atoms with Crippen LogP contribution in [0.5, 0.6) is 0 Å². The summed E-state index contributed by atoms with van der Waals surface area (Å²) in [6.45, 7) is 1.62. The lowest BCUT2D eigenvalue weighted by molar-refractivity contribution is -0.132. The Labute approximate surface area is 112 Å². The highest BCUT2D eigenvalue weighted by atomic mass is 16.2. The maximum Gasteiger partial charge on any atom is 0.222 e. The summed E-state index contributed by atoms with van der Waals surface area (Å²) in [5.41, 5.74) is 3.29. The summed E-state index contributed by atoms with van der Waals surface area (Å²) in [5.74, 6) is 0.247. The van der Waals surface area contributed by atoms with Crippen molar-refractivity contribution in [3.63, 3.8) is 0 Å². The molecule has 1 saturated heterocycles. The van der Waals surface area contributed by atoms with Crippen LogP contribution >= 0.6 is 0 Å². The Balaban J connectivity index is 1.61. The maximum atomic E-state index is 11.4. The van der Waals surface area contributed by atoms with Gasteiger partial charge in [0, 0.05) is 32.6 Å². The second kappa shape index (κ2) is 5.01. The van der Waals surface area contributed by atoms with E-state index in [9.17, 15) is 4.79 Å². The van der Waals surface area contributed by atoms with E-state index in [1.54, 1.807) is 11.2 Å². The van der Waals surface area contributed by atoms with E-state index in [1.165, 1.54) is 5.56 Å². The number of likely N-dealkylation sites (tertiary alicyclic amines) is 1. The first-order valence-electron chi connectivity index (χ1n) is 6.62. The van der Waals surface area contributed by atoms with Gasteiger partial charge in [-0.05, 0) is 24.1 Å². The molecule has 1 fully saturated rings. The number of carbonyl (C=O) groups is 1. The van der Waals surface area contributed by atoms with E-state index in [2.05, 4.69) is 27.4 Å². The fourth-order valence-electron chi connectivity index (χ4n) is 2.53. The number of H-pyrrole nitrogens is 1. The molecule has 5 nitrogen and oxygen atoms in total. The Hall–Kier alpha value is -1.88. The molecule has 2 N–H and O–H groups in total. The Kier molecular flexibility index (Phi) is 3.21. The summed E-state index contributed by atoms with van der Waals surface area (Å²) in [5, 5.41) is 3.52. The van der Waals surface area contributed by atoms with Crippen molar-refractivity contribution in [3.8, 4) is 0 Å². The van der Waals surface area contributed by atoms with Crippen molar-refractivity contribution in [2.75, 3.05) is 13.6 Å². The topological polar surface area (TPSA) is 61.0 Å². The number of aromatic nitrogens is 2. The zero-order valence-corrected chi connectivity index (χ0v) is 11.0. The molecule has 1 unspecified atom stereocenters. The average molecular weight is 258 g/mol. The number of nitrogens with one attached hydrogen (secondary N) is 2. The summed E-state index contributed by atoms with van der Waals surface area (Å²) in [4.78, 5) is 20.5. The van der Waals surface area contributed by atoms with Gasteiger partial charge in [-0.15, -0.1) is 0 Å². The number of hydrogen-bond acceptors (Lipinski definition) is 3. The number of amides is 1. The van der Waals surface area contributed by atoms with Crippen LogP contribution in [0.15, 0.2) is 24.5 Å². The first kappa shape index (κ1) is 12.2. The van der Waals surface area contributed by atoms with Gasteiger partial charge >= 0.3 is 0 Å². The first-order chi connectivity index (χ1) is 9.22. The molecule has 0 bridgehead atoms. The minimum Gasteiger partial charge on any atom is -0.345 e. The van der Waals surface area contributed by atoms with E-state index >= 15 is 0 Å². The Morgan fingerprint density at radius 2 is 2.42 bits per heavy atom. The molecular weight excluding hydrogens is 240 g/mol. The highest BCUT2D eigenvalue weighted by molar-refractivity contribution is 5.76. The van der Waals surface area contributed by atoms with E-state index in [4.69, 9.17) is 0 Å². The third-order valence-corrected chi connectivity index (χ3v) is 3.71. The molecule has 1 aliphatic rings. The Bertz CT molecular complexity index is 592. The van der Waals surface area contributed by atoms with Gasteiger partial charge in [-0.3, -0.25) is 4.79 Å². The molecule has 2 aromatic rings. The smallest absolute Gasteiger partial charge is 0.222 e. The Morgan fingerprint density at radius 3 is 3.26 bits per heavy atom. The molecule has 0 aliphatic carbocycles. The number of benzene rings is 1. The van der Waals surface area contributed by atoms with E-state index in [0.717, 1.165) is 30.5 Å². The van der Waals surface area contributed by atoms with Gasteiger partial charge in [0.2, 0.25) is 5.91 Å². The van der Waals surface area contributed by atoms with Gasteiger partial charge in [0.1, 0.15) is 0 Å². The zero-order chi connectivity index (χ0) is 13.2. The number of carbonyl (C=O) groups excluding carboxylic acids is 1. The molecule has 1 atom stereocenters. The van der Waals surface area contributed by atoms with Gasteiger partial charge < -0.3 is 15.2 Å². The number of fused-ring (bicyclic) bond motifs is 1. The van der Waals surface area contributed by atoms with Crippen LogP contribution in [0.1, 0.15) is 18.4 Å². The average Bonchev–Trinajstić information content (AvgIpc) is 2.87. The molecule has 1 amide bonds. The quantitative estimate of drug-likeness (QED) is 0.871. The van der Waals surface area contributed by atoms with Gasteiger partial charge in [-0.2, -0.15) is 0 Å². The van der Waals surface area contributed by atoms with Gasteiger partial charge in [0.15, 0.2) is 0 Å². The normalized spacial score (nSPS) is 20.2. The highest BCUT2D eigenvalue weighted by Gasteiger charge is 2.22. The SMILES string of the molecule is CN1CC(NCc2ccc3nc[nH]c3c2)CCC1=O. The third-order valence-electron chi connectivity index (χ3n) is 3.71. The third kappa shape index (κ3) is 2.61. The summed E-state index contributed by atoms with van der Waals surface area (Å²) in [6.07, 6.45) is 3.28. The van der Waals surface area contributed by atoms with Gasteiger partial charge in [0.05, 0.1) is 17.4 Å². The molecule has 1 aromatic heterocycles. The van der Waals surface area contributed by atoms with Crippen LogP contribution in [0.25, 0.3) is 11.0 Å². The van der Waals surface area contributed by atoms with Crippen LogP contribution in [-0.4, -0.2) is 40.4 Å². The maximum absolute atomic E-state index is 11.4. The summed E-state index contributed by atoms with van der Waals surface area (Å²) in [6, 6.07) is 6.63. The minimum atomic E-state index is 0.247. The lowest BCUT2D eigenvalue weighted by Gasteiger charge is -2.30. The number of aromatic amines is 1. The first-order valence-corrected chi connectivity index (χ1v) is 6.62. The van der Waals surface area contributed by atoms with Gasteiger partial charge in [0.25, 0.3) is 0 Å². The lowest BCUT2D eigenvalue weighted by Crippen LogP contribution is -2.46. The fourth-order valence-corrected chi connectivity index (χ4v) is 2.53. The Morgan fingerprint density at radius 1 is 1.53 bits per heavy atom. The monoisotopic (exact) mass is 258 g/mol. The zero-order valence-electron chi connectivity index (χ0n) is 11.0. The number of rotatable bonds is 3. The van der Waals surface area contributed by atoms with E-state index in [-0.39, 0.29) is 5.91 Å². The standard InChI is InChI=1S/C14H18N4O/c1-18-8-11(3-5-14(18)19)15-7-10-2-4-12-13(6-10)17-9-16-12/h2,4,6,9,11,15H,3,5,7-8H2,1H3,(H,16,17).